The Hall–Kier alpha value is -1.63. The molecule has 0 N–H and O–H groups in total. The first kappa shape index (κ1) is 16.4. The van der Waals surface area contributed by atoms with Crippen molar-refractivity contribution >= 4 is 5.91 Å². The van der Waals surface area contributed by atoms with Crippen LogP contribution in [0.1, 0.15) is 5.56 Å². The molecule has 7 heteroatoms. The molecule has 0 unspecified atom stereocenters. The van der Waals surface area contributed by atoms with Crippen LogP contribution in [0.4, 0.5) is 17.6 Å². The number of hydrogen-bond donors (Lipinski definition) is 0. The van der Waals surface area contributed by atoms with E-state index in [-0.39, 0.29) is 19.7 Å². The minimum atomic E-state index is -4.69. The van der Waals surface area contributed by atoms with E-state index >= 15 is 0 Å². The molecule has 0 aliphatic heterocycles. The molecule has 0 saturated carbocycles. The number of amides is 1. The van der Waals surface area contributed by atoms with Gasteiger partial charge in [0.1, 0.15) is 0 Å². The zero-order valence-corrected chi connectivity index (χ0v) is 10.9. The zero-order chi connectivity index (χ0) is 15.2. The molecule has 1 aromatic rings. The molecule has 0 radical (unpaired) electrons. The third kappa shape index (κ3) is 4.19. The number of methoxy groups -OCH3 is 1. The average Bonchev–Trinajstić information content (AvgIpc) is 2.43. The van der Waals surface area contributed by atoms with E-state index in [1.54, 1.807) is 30.3 Å². The third-order valence-electron chi connectivity index (χ3n) is 2.63. The molecule has 3 nitrogen and oxygen atoms in total. The van der Waals surface area contributed by atoms with Gasteiger partial charge < -0.3 is 9.64 Å². The third-order valence-corrected chi connectivity index (χ3v) is 2.63. The Balaban J connectivity index is 2.86. The highest BCUT2D eigenvalue weighted by molar-refractivity contribution is 5.84. The first-order chi connectivity index (χ1) is 9.39. The summed E-state index contributed by atoms with van der Waals surface area (Å²) in [6.45, 7) is -0.379. The Morgan fingerprint density at radius 2 is 1.90 bits per heavy atom. The Labute approximate surface area is 114 Å². The summed E-state index contributed by atoms with van der Waals surface area (Å²) in [5.41, 5.74) is 0.571. The van der Waals surface area contributed by atoms with Crippen LogP contribution < -0.4 is 0 Å². The molecule has 0 aliphatic carbocycles. The van der Waals surface area contributed by atoms with Crippen molar-refractivity contribution in [3.05, 3.63) is 35.9 Å². The van der Waals surface area contributed by atoms with E-state index in [1.165, 1.54) is 7.11 Å². The monoisotopic (exact) mass is 293 g/mol. The van der Waals surface area contributed by atoms with E-state index in [0.717, 1.165) is 0 Å². The molecule has 0 atom stereocenters. The van der Waals surface area contributed by atoms with Gasteiger partial charge >= 0.3 is 12.3 Å². The van der Waals surface area contributed by atoms with Crippen LogP contribution in [0.25, 0.3) is 0 Å². The quantitative estimate of drug-likeness (QED) is 0.723. The second-order valence-corrected chi connectivity index (χ2v) is 4.13. The maximum absolute atomic E-state index is 13.1. The first-order valence-corrected chi connectivity index (χ1v) is 5.87. The Morgan fingerprint density at radius 3 is 2.40 bits per heavy atom. The molecule has 0 fully saturated rings. The fourth-order valence-electron chi connectivity index (χ4n) is 1.56. The fourth-order valence-corrected chi connectivity index (χ4v) is 1.56. The number of ether oxygens (including phenoxy) is 1. The van der Waals surface area contributed by atoms with Gasteiger partial charge in [0.2, 0.25) is 0 Å². The van der Waals surface area contributed by atoms with Crippen molar-refractivity contribution in [2.45, 2.75) is 18.9 Å². The standard InChI is InChI=1S/C13H15F4NO2/c1-20-8-7-18(9-10-5-3-2-4-6-10)12(19)13(16,17)11(14)15/h2-6,11H,7-9H2,1H3. The molecular weight excluding hydrogens is 278 g/mol. The van der Waals surface area contributed by atoms with E-state index in [4.69, 9.17) is 4.74 Å². The molecule has 1 rings (SSSR count). The number of nitrogens with zero attached hydrogens (tertiary/aromatic N) is 1. The smallest absolute Gasteiger partial charge is 0.383 e. The summed E-state index contributed by atoms with van der Waals surface area (Å²) in [7, 11) is 1.33. The van der Waals surface area contributed by atoms with E-state index in [9.17, 15) is 22.4 Å². The predicted molar refractivity (Wildman–Crippen MR) is 64.7 cm³/mol. The zero-order valence-electron chi connectivity index (χ0n) is 10.9. The van der Waals surface area contributed by atoms with Crippen LogP contribution in [-0.4, -0.2) is 43.4 Å². The molecule has 0 aromatic heterocycles. The summed E-state index contributed by atoms with van der Waals surface area (Å²) < 4.78 is 55.5. The highest BCUT2D eigenvalue weighted by atomic mass is 19.3. The highest BCUT2D eigenvalue weighted by Crippen LogP contribution is 2.26. The van der Waals surface area contributed by atoms with Gasteiger partial charge in [-0.05, 0) is 5.56 Å². The summed E-state index contributed by atoms with van der Waals surface area (Å²) in [4.78, 5) is 12.2. The van der Waals surface area contributed by atoms with Crippen LogP contribution in [0.3, 0.4) is 0 Å². The molecule has 0 saturated heterocycles. The number of carbonyl (C=O) groups excluding carboxylic acids is 1. The topological polar surface area (TPSA) is 29.5 Å². The predicted octanol–water partition coefficient (Wildman–Crippen LogP) is 2.56. The van der Waals surface area contributed by atoms with Crippen molar-refractivity contribution in [3.8, 4) is 0 Å². The van der Waals surface area contributed by atoms with Crippen LogP contribution in [0, 0.1) is 0 Å². The first-order valence-electron chi connectivity index (χ1n) is 5.87. The minimum Gasteiger partial charge on any atom is -0.383 e. The summed E-state index contributed by atoms with van der Waals surface area (Å²) in [6.07, 6.45) is -4.03. The van der Waals surface area contributed by atoms with Crippen LogP contribution in [-0.2, 0) is 16.1 Å². The molecule has 1 amide bonds. The molecule has 0 bridgehead atoms. The lowest BCUT2D eigenvalue weighted by molar-refractivity contribution is -0.181. The Bertz CT molecular complexity index is 426. The van der Waals surface area contributed by atoms with E-state index in [0.29, 0.717) is 10.5 Å². The number of benzene rings is 1. The SMILES string of the molecule is COCCN(Cc1ccccc1)C(=O)C(F)(F)C(F)F. The maximum atomic E-state index is 13.1. The number of rotatable bonds is 7. The summed E-state index contributed by atoms with van der Waals surface area (Å²) in [5.74, 6) is -6.59. The second kappa shape index (κ2) is 7.23. The molecule has 0 spiro atoms. The van der Waals surface area contributed by atoms with Crippen molar-refractivity contribution in [3.63, 3.8) is 0 Å². The lowest BCUT2D eigenvalue weighted by Crippen LogP contribution is -2.48. The normalized spacial score (nSPS) is 11.7. The molecule has 20 heavy (non-hydrogen) atoms. The van der Waals surface area contributed by atoms with Crippen molar-refractivity contribution in [1.29, 1.82) is 0 Å². The van der Waals surface area contributed by atoms with Gasteiger partial charge in [-0.15, -0.1) is 0 Å². The summed E-state index contributed by atoms with van der Waals surface area (Å²) >= 11 is 0. The van der Waals surface area contributed by atoms with Crippen LogP contribution in [0.5, 0.6) is 0 Å². The Kier molecular flexibility index (Phi) is 5.94. The maximum Gasteiger partial charge on any atom is 0.383 e. The van der Waals surface area contributed by atoms with E-state index in [1.807, 2.05) is 0 Å². The largest absolute Gasteiger partial charge is 0.383 e. The van der Waals surface area contributed by atoms with E-state index < -0.39 is 18.3 Å². The van der Waals surface area contributed by atoms with Crippen LogP contribution in [0.2, 0.25) is 0 Å². The fraction of sp³-hybridized carbons (Fsp3) is 0.462. The van der Waals surface area contributed by atoms with E-state index in [2.05, 4.69) is 0 Å². The summed E-state index contributed by atoms with van der Waals surface area (Å²) in [5, 5.41) is 0. The van der Waals surface area contributed by atoms with Crippen molar-refractivity contribution in [1.82, 2.24) is 4.90 Å². The molecule has 0 aliphatic rings. The van der Waals surface area contributed by atoms with Gasteiger partial charge in [0.05, 0.1) is 6.61 Å². The number of alkyl halides is 4. The van der Waals surface area contributed by atoms with Gasteiger partial charge in [0.15, 0.2) is 0 Å². The molecule has 112 valence electrons. The highest BCUT2D eigenvalue weighted by Gasteiger charge is 2.51. The van der Waals surface area contributed by atoms with Gasteiger partial charge in [-0.25, -0.2) is 8.78 Å². The number of hydrogen-bond acceptors (Lipinski definition) is 2. The number of halogens is 4. The molecular formula is C13H15F4NO2. The second-order valence-electron chi connectivity index (χ2n) is 4.13. The van der Waals surface area contributed by atoms with Gasteiger partial charge in [0, 0.05) is 20.2 Å². The van der Waals surface area contributed by atoms with Gasteiger partial charge in [0.25, 0.3) is 5.91 Å². The lowest BCUT2D eigenvalue weighted by Gasteiger charge is -2.26. The lowest BCUT2D eigenvalue weighted by atomic mass is 10.2. The van der Waals surface area contributed by atoms with Gasteiger partial charge in [-0.2, -0.15) is 8.78 Å². The molecule has 0 heterocycles. The average molecular weight is 293 g/mol. The van der Waals surface area contributed by atoms with Crippen LogP contribution >= 0.6 is 0 Å². The van der Waals surface area contributed by atoms with Gasteiger partial charge in [-0.3, -0.25) is 4.79 Å². The summed E-state index contributed by atoms with van der Waals surface area (Å²) in [6, 6.07) is 8.29. The van der Waals surface area contributed by atoms with Crippen molar-refractivity contribution in [2.24, 2.45) is 0 Å². The Morgan fingerprint density at radius 1 is 1.30 bits per heavy atom. The van der Waals surface area contributed by atoms with Crippen molar-refractivity contribution in [2.75, 3.05) is 20.3 Å². The number of carbonyl (C=O) groups is 1. The molecule has 1 aromatic carbocycles. The van der Waals surface area contributed by atoms with Gasteiger partial charge in [-0.1, -0.05) is 30.3 Å². The van der Waals surface area contributed by atoms with Crippen molar-refractivity contribution < 1.29 is 27.1 Å². The minimum absolute atomic E-state index is 0.0160. The van der Waals surface area contributed by atoms with Crippen LogP contribution in [0.15, 0.2) is 30.3 Å².